The fourth-order valence-corrected chi connectivity index (χ4v) is 3.89. The lowest BCUT2D eigenvalue weighted by molar-refractivity contribution is -0.141. The van der Waals surface area contributed by atoms with Gasteiger partial charge < -0.3 is 9.84 Å². The van der Waals surface area contributed by atoms with E-state index < -0.39 is 41.9 Å². The minimum Gasteiger partial charge on any atom is -0.480 e. The van der Waals surface area contributed by atoms with Crippen LogP contribution in [-0.4, -0.2) is 26.7 Å². The highest BCUT2D eigenvalue weighted by Gasteiger charge is 2.34. The van der Waals surface area contributed by atoms with E-state index in [1.807, 2.05) is 0 Å². The van der Waals surface area contributed by atoms with Gasteiger partial charge in [0.15, 0.2) is 0 Å². The molecule has 8 nitrogen and oxygen atoms in total. The number of carbonyl (C=O) groups excluding carboxylic acids is 1. The third kappa shape index (κ3) is 5.18. The van der Waals surface area contributed by atoms with Crippen LogP contribution >= 0.6 is 0 Å². The summed E-state index contributed by atoms with van der Waals surface area (Å²) in [5, 5.41) is 9.48. The number of hydrogen-bond acceptors (Lipinski definition) is 5. The third-order valence-electron chi connectivity index (χ3n) is 5.60. The Kier molecular flexibility index (Phi) is 6.59. The summed E-state index contributed by atoms with van der Waals surface area (Å²) >= 11 is 0. The highest BCUT2D eigenvalue weighted by atomic mass is 19.4. The van der Waals surface area contributed by atoms with Crippen LogP contribution in [0, 0.1) is 0 Å². The topological polar surface area (TPSA) is 102 Å². The van der Waals surface area contributed by atoms with Gasteiger partial charge in [-0.2, -0.15) is 13.2 Å². The van der Waals surface area contributed by atoms with E-state index in [0.717, 1.165) is 27.8 Å². The standard InChI is InChI=1S/C24H20F3N3O5/c25-24(26,27)17-8-4-7-16(11-17)13-29(23(34)35-14-15-5-2-1-3-6-15)19-12-28-20-10-9-18(22(32)33)30(20)21(19)31/h1-8,11-12,18H,9-10,13-14H2,(H,32,33)/t18-/m0/s1. The molecule has 0 saturated carbocycles. The predicted molar refractivity (Wildman–Crippen MR) is 118 cm³/mol. The first-order chi connectivity index (χ1) is 16.6. The van der Waals surface area contributed by atoms with Crippen molar-refractivity contribution in [3.05, 3.63) is 93.7 Å². The van der Waals surface area contributed by atoms with Crippen molar-refractivity contribution in [2.45, 2.75) is 38.2 Å². The van der Waals surface area contributed by atoms with Gasteiger partial charge in [-0.15, -0.1) is 0 Å². The fourth-order valence-electron chi connectivity index (χ4n) is 3.89. The number of carbonyl (C=O) groups is 2. The monoisotopic (exact) mass is 487 g/mol. The molecular weight excluding hydrogens is 467 g/mol. The summed E-state index contributed by atoms with van der Waals surface area (Å²) in [6.45, 7) is -0.568. The first-order valence-electron chi connectivity index (χ1n) is 10.6. The highest BCUT2D eigenvalue weighted by Crippen LogP contribution is 2.30. The molecule has 1 aromatic heterocycles. The third-order valence-corrected chi connectivity index (χ3v) is 5.60. The van der Waals surface area contributed by atoms with E-state index in [2.05, 4.69) is 4.98 Å². The van der Waals surface area contributed by atoms with Crippen LogP contribution in [0.5, 0.6) is 0 Å². The number of anilines is 1. The molecule has 1 aliphatic heterocycles. The van der Waals surface area contributed by atoms with Crippen molar-refractivity contribution in [1.82, 2.24) is 9.55 Å². The summed E-state index contributed by atoms with van der Waals surface area (Å²) in [5.74, 6) is -0.969. The van der Waals surface area contributed by atoms with Crippen LogP contribution in [0.3, 0.4) is 0 Å². The van der Waals surface area contributed by atoms with Crippen molar-refractivity contribution < 1.29 is 32.6 Å². The minimum absolute atomic E-state index is 0.0937. The number of aromatic nitrogens is 2. The number of aliphatic carboxylic acids is 1. The number of carboxylic acids is 1. The molecule has 0 aliphatic carbocycles. The molecule has 1 amide bonds. The SMILES string of the molecule is O=C(O)[C@@H]1CCc2ncc(N(Cc3cccc(C(F)(F)F)c3)C(=O)OCc3ccccc3)c(=O)n21. The van der Waals surface area contributed by atoms with E-state index >= 15 is 0 Å². The van der Waals surface area contributed by atoms with Crippen molar-refractivity contribution in [3.63, 3.8) is 0 Å². The first-order valence-corrected chi connectivity index (χ1v) is 10.6. The lowest BCUT2D eigenvalue weighted by Gasteiger charge is -2.23. The zero-order chi connectivity index (χ0) is 25.2. The van der Waals surface area contributed by atoms with Gasteiger partial charge >= 0.3 is 18.2 Å². The second kappa shape index (κ2) is 9.61. The van der Waals surface area contributed by atoms with Gasteiger partial charge in [0.1, 0.15) is 24.2 Å². The summed E-state index contributed by atoms with van der Waals surface area (Å²) in [5.41, 5.74) is -1.24. The number of amides is 1. The second-order valence-electron chi connectivity index (χ2n) is 7.95. The van der Waals surface area contributed by atoms with Crippen LogP contribution in [0.4, 0.5) is 23.7 Å². The van der Waals surface area contributed by atoms with Crippen LogP contribution in [0.15, 0.2) is 65.6 Å². The Balaban J connectivity index is 1.71. The summed E-state index contributed by atoms with van der Waals surface area (Å²) in [4.78, 5) is 42.9. The van der Waals surface area contributed by atoms with E-state index in [1.54, 1.807) is 30.3 Å². The molecule has 11 heteroatoms. The van der Waals surface area contributed by atoms with Crippen LogP contribution in [0.2, 0.25) is 0 Å². The first kappa shape index (κ1) is 24.0. The zero-order valence-corrected chi connectivity index (χ0v) is 18.2. The summed E-state index contributed by atoms with van der Waals surface area (Å²) in [7, 11) is 0. The number of benzene rings is 2. The maximum Gasteiger partial charge on any atom is 0.416 e. The molecule has 182 valence electrons. The van der Waals surface area contributed by atoms with E-state index in [0.29, 0.717) is 5.56 Å². The molecule has 1 aliphatic rings. The quantitative estimate of drug-likeness (QED) is 0.560. The van der Waals surface area contributed by atoms with Gasteiger partial charge in [0.25, 0.3) is 5.56 Å². The number of hydrogen-bond donors (Lipinski definition) is 1. The van der Waals surface area contributed by atoms with Gasteiger partial charge in [-0.1, -0.05) is 42.5 Å². The summed E-state index contributed by atoms with van der Waals surface area (Å²) in [6.07, 6.45) is -4.05. The molecule has 3 aromatic rings. The van der Waals surface area contributed by atoms with Crippen molar-refractivity contribution in [2.24, 2.45) is 0 Å². The molecule has 1 N–H and O–H groups in total. The zero-order valence-electron chi connectivity index (χ0n) is 18.2. The summed E-state index contributed by atoms with van der Waals surface area (Å²) < 4.78 is 45.9. The Hall–Kier alpha value is -4.15. The molecule has 35 heavy (non-hydrogen) atoms. The normalized spacial score (nSPS) is 14.9. The van der Waals surface area contributed by atoms with Crippen LogP contribution < -0.4 is 10.5 Å². The molecule has 0 unspecified atom stereocenters. The molecule has 0 bridgehead atoms. The van der Waals surface area contributed by atoms with Crippen molar-refractivity contribution in [1.29, 1.82) is 0 Å². The summed E-state index contributed by atoms with van der Waals surface area (Å²) in [6, 6.07) is 11.9. The maximum atomic E-state index is 13.2. The number of nitrogens with zero attached hydrogens (tertiary/aromatic N) is 3. The lowest BCUT2D eigenvalue weighted by Crippen LogP contribution is -2.38. The molecule has 2 heterocycles. The van der Waals surface area contributed by atoms with Crippen LogP contribution in [0.1, 0.15) is 35.0 Å². The predicted octanol–water partition coefficient (Wildman–Crippen LogP) is 4.18. The molecule has 0 saturated heterocycles. The number of fused-ring (bicyclic) bond motifs is 1. The number of rotatable bonds is 6. The van der Waals surface area contributed by atoms with Gasteiger partial charge in [-0.25, -0.2) is 14.6 Å². The largest absolute Gasteiger partial charge is 0.480 e. The molecule has 0 spiro atoms. The van der Waals surface area contributed by atoms with Crippen LogP contribution in [0.25, 0.3) is 0 Å². The molecule has 2 aromatic carbocycles. The fraction of sp³-hybridized carbons (Fsp3) is 0.250. The van der Waals surface area contributed by atoms with E-state index in [9.17, 15) is 32.7 Å². The smallest absolute Gasteiger partial charge is 0.416 e. The van der Waals surface area contributed by atoms with Gasteiger partial charge in [0.05, 0.1) is 18.3 Å². The average Bonchev–Trinajstić information content (AvgIpc) is 3.27. The molecule has 1 atom stereocenters. The highest BCUT2D eigenvalue weighted by molar-refractivity contribution is 5.87. The molecule has 4 rings (SSSR count). The van der Waals surface area contributed by atoms with Crippen molar-refractivity contribution in [3.8, 4) is 0 Å². The number of ether oxygens (including phenoxy) is 1. The Morgan fingerprint density at radius 2 is 1.83 bits per heavy atom. The second-order valence-corrected chi connectivity index (χ2v) is 7.95. The number of halogens is 3. The van der Waals surface area contributed by atoms with Gasteiger partial charge in [-0.3, -0.25) is 14.3 Å². The Bertz CT molecular complexity index is 1310. The Morgan fingerprint density at radius 1 is 1.11 bits per heavy atom. The van der Waals surface area contributed by atoms with Gasteiger partial charge in [0.2, 0.25) is 0 Å². The number of carboxylic acid groups (broad SMARTS) is 1. The van der Waals surface area contributed by atoms with Crippen LogP contribution in [-0.2, 0) is 35.3 Å². The van der Waals surface area contributed by atoms with Crippen molar-refractivity contribution >= 4 is 17.7 Å². The lowest BCUT2D eigenvalue weighted by atomic mass is 10.1. The number of aryl methyl sites for hydroxylation is 1. The minimum atomic E-state index is -4.60. The molecular formula is C24H20F3N3O5. The molecule has 0 radical (unpaired) electrons. The van der Waals surface area contributed by atoms with E-state index in [-0.39, 0.29) is 36.5 Å². The molecule has 0 fully saturated rings. The van der Waals surface area contributed by atoms with Gasteiger partial charge in [0, 0.05) is 6.42 Å². The number of alkyl halides is 3. The Morgan fingerprint density at radius 3 is 2.51 bits per heavy atom. The Labute approximate surface area is 197 Å². The van der Waals surface area contributed by atoms with E-state index in [4.69, 9.17) is 4.74 Å². The maximum absolute atomic E-state index is 13.2. The van der Waals surface area contributed by atoms with Gasteiger partial charge in [-0.05, 0) is 29.7 Å². The average molecular weight is 487 g/mol. The van der Waals surface area contributed by atoms with Crippen molar-refractivity contribution in [2.75, 3.05) is 4.90 Å². The van der Waals surface area contributed by atoms with E-state index in [1.165, 1.54) is 12.1 Å².